The van der Waals surface area contributed by atoms with E-state index in [9.17, 15) is 0 Å². The SMILES string of the molecule is CC(C)(C)C(C=Cc1ccc(Cl)cc1Cl)n1nnnc1C1(Nc2ccc(Cl)cc2)CCCC1. The van der Waals surface area contributed by atoms with Gasteiger partial charge in [0.25, 0.3) is 0 Å². The van der Waals surface area contributed by atoms with E-state index in [-0.39, 0.29) is 17.0 Å². The molecule has 2 aromatic carbocycles. The molecule has 0 amide bonds. The van der Waals surface area contributed by atoms with Crippen LogP contribution in [0.2, 0.25) is 15.1 Å². The molecule has 4 rings (SSSR count). The highest BCUT2D eigenvalue weighted by molar-refractivity contribution is 6.35. The Bertz CT molecular complexity index is 1130. The summed E-state index contributed by atoms with van der Waals surface area (Å²) < 4.78 is 1.97. The van der Waals surface area contributed by atoms with E-state index < -0.39 is 0 Å². The van der Waals surface area contributed by atoms with E-state index in [1.807, 2.05) is 47.2 Å². The van der Waals surface area contributed by atoms with Crippen LogP contribution >= 0.6 is 34.8 Å². The largest absolute Gasteiger partial charge is 0.373 e. The van der Waals surface area contributed by atoms with E-state index in [1.54, 1.807) is 6.07 Å². The van der Waals surface area contributed by atoms with E-state index in [0.29, 0.717) is 15.1 Å². The fourth-order valence-corrected chi connectivity index (χ4v) is 5.05. The lowest BCUT2D eigenvalue weighted by Gasteiger charge is -2.34. The molecule has 0 aliphatic heterocycles. The van der Waals surface area contributed by atoms with Crippen LogP contribution in [0.5, 0.6) is 0 Å². The quantitative estimate of drug-likeness (QED) is 0.372. The van der Waals surface area contributed by atoms with Crippen molar-refractivity contribution in [1.82, 2.24) is 20.2 Å². The van der Waals surface area contributed by atoms with Gasteiger partial charge in [0.15, 0.2) is 5.82 Å². The molecule has 1 heterocycles. The van der Waals surface area contributed by atoms with Crippen LogP contribution in [-0.2, 0) is 5.54 Å². The number of halogens is 3. The molecule has 1 aromatic heterocycles. The average Bonchev–Trinajstić information content (AvgIpc) is 3.41. The third-order valence-electron chi connectivity index (χ3n) is 6.18. The van der Waals surface area contributed by atoms with E-state index in [4.69, 9.17) is 34.8 Å². The van der Waals surface area contributed by atoms with E-state index >= 15 is 0 Å². The minimum Gasteiger partial charge on any atom is -0.373 e. The first-order valence-electron chi connectivity index (χ1n) is 11.1. The first-order chi connectivity index (χ1) is 15.7. The molecule has 0 radical (unpaired) electrons. The van der Waals surface area contributed by atoms with Gasteiger partial charge in [-0.2, -0.15) is 0 Å². The van der Waals surface area contributed by atoms with Gasteiger partial charge in [0, 0.05) is 20.8 Å². The van der Waals surface area contributed by atoms with Gasteiger partial charge in [-0.05, 0) is 70.6 Å². The highest BCUT2D eigenvalue weighted by Crippen LogP contribution is 2.43. The molecule has 1 fully saturated rings. The molecule has 1 saturated carbocycles. The lowest BCUT2D eigenvalue weighted by molar-refractivity contribution is 0.254. The van der Waals surface area contributed by atoms with E-state index in [1.165, 1.54) is 0 Å². The van der Waals surface area contributed by atoms with Crippen molar-refractivity contribution in [3.8, 4) is 0 Å². The van der Waals surface area contributed by atoms with E-state index in [2.05, 4.69) is 47.7 Å². The Morgan fingerprint density at radius 1 is 1.00 bits per heavy atom. The fourth-order valence-electron chi connectivity index (χ4n) is 4.46. The Morgan fingerprint density at radius 2 is 1.67 bits per heavy atom. The first-order valence-corrected chi connectivity index (χ1v) is 12.3. The lowest BCUT2D eigenvalue weighted by Crippen LogP contribution is -2.38. The molecule has 0 bridgehead atoms. The van der Waals surface area contributed by atoms with E-state index in [0.717, 1.165) is 42.8 Å². The maximum Gasteiger partial charge on any atom is 0.177 e. The number of tetrazole rings is 1. The number of hydrogen-bond acceptors (Lipinski definition) is 4. The predicted molar refractivity (Wildman–Crippen MR) is 137 cm³/mol. The van der Waals surface area contributed by atoms with Crippen molar-refractivity contribution >= 4 is 46.6 Å². The molecular formula is C25H28Cl3N5. The Labute approximate surface area is 210 Å². The fraction of sp³-hybridized carbons (Fsp3) is 0.400. The number of hydrogen-bond donors (Lipinski definition) is 1. The van der Waals surface area contributed by atoms with Crippen molar-refractivity contribution in [1.29, 1.82) is 0 Å². The molecule has 1 aliphatic carbocycles. The van der Waals surface area contributed by atoms with Gasteiger partial charge in [0.2, 0.25) is 0 Å². The number of benzene rings is 2. The lowest BCUT2D eigenvalue weighted by atomic mass is 9.85. The minimum atomic E-state index is -0.341. The molecule has 1 unspecified atom stereocenters. The van der Waals surface area contributed by atoms with Crippen molar-refractivity contribution in [3.63, 3.8) is 0 Å². The molecule has 1 N–H and O–H groups in total. The summed E-state index contributed by atoms with van der Waals surface area (Å²) in [7, 11) is 0. The summed E-state index contributed by atoms with van der Waals surface area (Å²) in [6.45, 7) is 6.56. The standard InChI is InChI=1S/C25H28Cl3N5/c1-24(2,3)22(13-7-17-6-8-19(27)16-21(17)28)33-23(30-31-32-33)25(14-4-5-15-25)29-20-11-9-18(26)10-12-20/h6-13,16,22,29H,4-5,14-15H2,1-3H3. The molecule has 33 heavy (non-hydrogen) atoms. The number of nitrogens with zero attached hydrogens (tertiary/aromatic N) is 4. The van der Waals surface area contributed by atoms with Gasteiger partial charge < -0.3 is 5.32 Å². The van der Waals surface area contributed by atoms with Gasteiger partial charge >= 0.3 is 0 Å². The molecule has 1 atom stereocenters. The highest BCUT2D eigenvalue weighted by atomic mass is 35.5. The normalized spacial score (nSPS) is 16.9. The summed E-state index contributed by atoms with van der Waals surface area (Å²) in [5.74, 6) is 0.849. The zero-order chi connectivity index (χ0) is 23.6. The molecule has 174 valence electrons. The number of anilines is 1. The van der Waals surface area contributed by atoms with Crippen LogP contribution in [0, 0.1) is 5.41 Å². The summed E-state index contributed by atoms with van der Waals surface area (Å²) >= 11 is 18.6. The van der Waals surface area contributed by atoms with Crippen molar-refractivity contribution < 1.29 is 0 Å². The molecule has 8 heteroatoms. The Morgan fingerprint density at radius 3 is 2.30 bits per heavy atom. The van der Waals surface area contributed by atoms with Gasteiger partial charge in [-0.25, -0.2) is 4.68 Å². The number of allylic oxidation sites excluding steroid dienone is 1. The summed E-state index contributed by atoms with van der Waals surface area (Å²) in [6, 6.07) is 13.2. The van der Waals surface area contributed by atoms with Crippen molar-refractivity contribution in [2.45, 2.75) is 58.0 Å². The second-order valence-electron chi connectivity index (χ2n) is 9.70. The van der Waals surface area contributed by atoms with Crippen LogP contribution in [0.1, 0.15) is 63.9 Å². The van der Waals surface area contributed by atoms with Crippen molar-refractivity contribution in [2.75, 3.05) is 5.32 Å². The maximum absolute atomic E-state index is 6.41. The van der Waals surface area contributed by atoms with Crippen LogP contribution in [0.4, 0.5) is 5.69 Å². The molecule has 3 aromatic rings. The van der Waals surface area contributed by atoms with Crippen molar-refractivity contribution in [2.24, 2.45) is 5.41 Å². The maximum atomic E-state index is 6.41. The first kappa shape index (κ1) is 24.1. The molecule has 0 saturated heterocycles. The summed E-state index contributed by atoms with van der Waals surface area (Å²) in [6.07, 6.45) is 8.29. The number of nitrogens with one attached hydrogen (secondary N) is 1. The summed E-state index contributed by atoms with van der Waals surface area (Å²) in [4.78, 5) is 0. The zero-order valence-electron chi connectivity index (χ0n) is 19.0. The summed E-state index contributed by atoms with van der Waals surface area (Å²) in [5, 5.41) is 18.8. The van der Waals surface area contributed by atoms with Crippen LogP contribution in [-0.4, -0.2) is 20.2 Å². The Balaban J connectivity index is 1.72. The second-order valence-corrected chi connectivity index (χ2v) is 11.0. The average molecular weight is 505 g/mol. The number of rotatable bonds is 6. The van der Waals surface area contributed by atoms with Crippen LogP contribution < -0.4 is 5.32 Å². The summed E-state index contributed by atoms with van der Waals surface area (Å²) in [5.41, 5.74) is 1.43. The molecule has 1 aliphatic rings. The zero-order valence-corrected chi connectivity index (χ0v) is 21.3. The van der Waals surface area contributed by atoms with Crippen LogP contribution in [0.25, 0.3) is 6.08 Å². The van der Waals surface area contributed by atoms with Gasteiger partial charge in [0.05, 0.1) is 11.6 Å². The monoisotopic (exact) mass is 503 g/mol. The third kappa shape index (κ3) is 5.37. The van der Waals surface area contributed by atoms with Crippen LogP contribution in [0.3, 0.4) is 0 Å². The molecular weight excluding hydrogens is 477 g/mol. The highest BCUT2D eigenvalue weighted by Gasteiger charge is 2.42. The number of aromatic nitrogens is 4. The second kappa shape index (κ2) is 9.65. The Kier molecular flexibility index (Phi) is 7.04. The van der Waals surface area contributed by atoms with Gasteiger partial charge in [-0.15, -0.1) is 5.10 Å². The molecule has 0 spiro atoms. The minimum absolute atomic E-state index is 0.0845. The van der Waals surface area contributed by atoms with Crippen LogP contribution in [0.15, 0.2) is 48.5 Å². The molecule has 5 nitrogen and oxygen atoms in total. The van der Waals surface area contributed by atoms with Gasteiger partial charge in [0.1, 0.15) is 0 Å². The topological polar surface area (TPSA) is 55.6 Å². The van der Waals surface area contributed by atoms with Gasteiger partial charge in [-0.1, -0.05) is 86.6 Å². The van der Waals surface area contributed by atoms with Gasteiger partial charge in [-0.3, -0.25) is 0 Å². The third-order valence-corrected chi connectivity index (χ3v) is 6.99. The van der Waals surface area contributed by atoms with Crippen molar-refractivity contribution in [3.05, 3.63) is 75.0 Å². The Hall–Kier alpha value is -2.08. The smallest absolute Gasteiger partial charge is 0.177 e. The predicted octanol–water partition coefficient (Wildman–Crippen LogP) is 7.82.